The van der Waals surface area contributed by atoms with E-state index in [0.717, 1.165) is 16.7 Å². The zero-order chi connectivity index (χ0) is 28.4. The maximum absolute atomic E-state index is 13.3. The summed E-state index contributed by atoms with van der Waals surface area (Å²) in [6, 6.07) is 4.63. The van der Waals surface area contributed by atoms with Crippen LogP contribution in [0, 0.1) is 0 Å². The average molecular weight is 612 g/mol. The normalized spacial score (nSPS) is 30.1. The number of aliphatic hydroxyl groups is 1. The van der Waals surface area contributed by atoms with Crippen LogP contribution in [0.25, 0.3) is 6.08 Å². The van der Waals surface area contributed by atoms with Crippen molar-refractivity contribution in [3.05, 3.63) is 53.5 Å². The minimum absolute atomic E-state index is 0.195. The second-order valence-electron chi connectivity index (χ2n) is 10.8. The van der Waals surface area contributed by atoms with Crippen LogP contribution >= 0.6 is 34.8 Å². The molecule has 3 unspecified atom stereocenters. The van der Waals surface area contributed by atoms with Gasteiger partial charge in [-0.15, -0.1) is 0 Å². The van der Waals surface area contributed by atoms with Crippen molar-refractivity contribution in [1.82, 2.24) is 9.80 Å². The molecule has 2 amide bonds. The molecule has 9 nitrogen and oxygen atoms in total. The van der Waals surface area contributed by atoms with Crippen LogP contribution in [0.5, 0.6) is 11.5 Å². The van der Waals surface area contributed by atoms with Crippen LogP contribution < -0.4 is 9.47 Å². The van der Waals surface area contributed by atoms with E-state index in [1.807, 2.05) is 12.1 Å². The molecule has 1 aromatic carbocycles. The van der Waals surface area contributed by atoms with E-state index >= 15 is 0 Å². The number of carbonyl (C=O) groups is 2. The Kier molecular flexibility index (Phi) is 6.72. The van der Waals surface area contributed by atoms with Gasteiger partial charge in [-0.25, -0.2) is 4.79 Å². The van der Waals surface area contributed by atoms with E-state index in [0.29, 0.717) is 43.7 Å². The number of nitrogens with zero attached hydrogens (tertiary/aromatic N) is 2. The molecule has 4 aliphatic rings. The molecule has 2 aliphatic carbocycles. The molecule has 6 rings (SSSR count). The number of carbonyl (C=O) groups excluding carboxylic acids is 2. The van der Waals surface area contributed by atoms with Gasteiger partial charge in [-0.1, -0.05) is 40.9 Å². The number of rotatable bonds is 5. The highest BCUT2D eigenvalue weighted by molar-refractivity contribution is 6.67. The number of piperidine rings is 1. The van der Waals surface area contributed by atoms with Crippen LogP contribution in [0.3, 0.4) is 0 Å². The molecule has 2 aliphatic heterocycles. The third-order valence-corrected chi connectivity index (χ3v) is 9.36. The zero-order valence-corrected chi connectivity index (χ0v) is 24.2. The van der Waals surface area contributed by atoms with Crippen molar-refractivity contribution >= 4 is 52.9 Å². The number of benzene rings is 1. The van der Waals surface area contributed by atoms with Crippen LogP contribution in [0.2, 0.25) is 0 Å². The average Bonchev–Trinajstić information content (AvgIpc) is 3.55. The molecule has 0 radical (unpaired) electrons. The smallest absolute Gasteiger partial charge is 0.410 e. The lowest BCUT2D eigenvalue weighted by Gasteiger charge is -2.64. The lowest BCUT2D eigenvalue weighted by atomic mass is 9.48. The molecule has 1 spiro atoms. The molecular formula is C28H29Cl3N2O7. The number of furan rings is 1. The molecule has 1 saturated carbocycles. The van der Waals surface area contributed by atoms with Gasteiger partial charge in [0.25, 0.3) is 0 Å². The maximum atomic E-state index is 13.3. The van der Waals surface area contributed by atoms with Gasteiger partial charge in [0.2, 0.25) is 9.70 Å². The number of hydrogen-bond donors (Lipinski definition) is 1. The van der Waals surface area contributed by atoms with E-state index in [2.05, 4.69) is 0 Å². The first-order valence-corrected chi connectivity index (χ1v) is 14.2. The first kappa shape index (κ1) is 27.6. The molecule has 1 saturated heterocycles. The molecular weight excluding hydrogens is 583 g/mol. The number of ether oxygens (including phenoxy) is 3. The van der Waals surface area contributed by atoms with Gasteiger partial charge in [-0.3, -0.25) is 4.79 Å². The molecule has 5 atom stereocenters. The first-order valence-electron chi connectivity index (χ1n) is 13.1. The number of likely N-dealkylation sites (N-methyl/N-ethyl adjacent to an activating group) is 1. The van der Waals surface area contributed by atoms with E-state index in [1.165, 1.54) is 6.08 Å². The third-order valence-electron chi connectivity index (χ3n) is 9.04. The molecule has 214 valence electrons. The van der Waals surface area contributed by atoms with Crippen molar-refractivity contribution in [3.8, 4) is 11.5 Å². The summed E-state index contributed by atoms with van der Waals surface area (Å²) < 4.78 is 21.0. The van der Waals surface area contributed by atoms with Gasteiger partial charge in [-0.2, -0.15) is 0 Å². The summed E-state index contributed by atoms with van der Waals surface area (Å²) >= 11 is 17.5. The van der Waals surface area contributed by atoms with Gasteiger partial charge >= 0.3 is 6.09 Å². The van der Waals surface area contributed by atoms with Crippen molar-refractivity contribution in [3.63, 3.8) is 0 Å². The Morgan fingerprint density at radius 2 is 2.08 bits per heavy atom. The maximum Gasteiger partial charge on any atom is 0.410 e. The van der Waals surface area contributed by atoms with Crippen LogP contribution in [0.1, 0.15) is 36.0 Å². The predicted octanol–water partition coefficient (Wildman–Crippen LogP) is 4.49. The van der Waals surface area contributed by atoms with Gasteiger partial charge in [-0.05, 0) is 49.5 Å². The number of amides is 2. The number of alkyl halides is 3. The predicted molar refractivity (Wildman–Crippen MR) is 148 cm³/mol. The number of halogens is 3. The Hall–Kier alpha value is -2.59. The number of likely N-dealkylation sites (tertiary alicyclic amines) is 1. The Bertz CT molecular complexity index is 1360. The van der Waals surface area contributed by atoms with Crippen LogP contribution in [0.4, 0.5) is 4.79 Å². The minimum Gasteiger partial charge on any atom is -0.493 e. The third kappa shape index (κ3) is 4.08. The quantitative estimate of drug-likeness (QED) is 0.393. The van der Waals surface area contributed by atoms with Gasteiger partial charge in [0.1, 0.15) is 12.7 Å². The van der Waals surface area contributed by atoms with Gasteiger partial charge in [0.05, 0.1) is 42.7 Å². The van der Waals surface area contributed by atoms with E-state index in [9.17, 15) is 14.7 Å². The summed E-state index contributed by atoms with van der Waals surface area (Å²) in [5.41, 5.74) is 0.437. The van der Waals surface area contributed by atoms with E-state index in [1.54, 1.807) is 48.6 Å². The summed E-state index contributed by atoms with van der Waals surface area (Å²) in [4.78, 5) is 29.7. The molecule has 3 heterocycles. The molecule has 1 aromatic heterocycles. The second-order valence-corrected chi connectivity index (χ2v) is 13.4. The first-order chi connectivity index (χ1) is 19.0. The molecule has 2 fully saturated rings. The zero-order valence-electron chi connectivity index (χ0n) is 21.9. The van der Waals surface area contributed by atoms with Gasteiger partial charge < -0.3 is 33.5 Å². The molecule has 2 aromatic rings. The van der Waals surface area contributed by atoms with Gasteiger partial charge in [0.15, 0.2) is 11.5 Å². The fourth-order valence-electron chi connectivity index (χ4n) is 7.33. The second kappa shape index (κ2) is 9.76. The van der Waals surface area contributed by atoms with Crippen LogP contribution in [-0.4, -0.2) is 81.8 Å². The lowest BCUT2D eigenvalue weighted by Crippen LogP contribution is -2.78. The fraction of sp³-hybridized carbons (Fsp3) is 0.500. The van der Waals surface area contributed by atoms with Crippen molar-refractivity contribution < 1.29 is 33.3 Å². The molecule has 12 heteroatoms. The largest absolute Gasteiger partial charge is 0.493 e. The summed E-state index contributed by atoms with van der Waals surface area (Å²) in [5, 5.41) is 12.6. The van der Waals surface area contributed by atoms with Crippen molar-refractivity contribution in [2.45, 2.75) is 58.7 Å². The summed E-state index contributed by atoms with van der Waals surface area (Å²) in [6.07, 6.45) is 6.69. The topological polar surface area (TPSA) is 102 Å². The Morgan fingerprint density at radius 1 is 1.27 bits per heavy atom. The number of hydrogen-bond acceptors (Lipinski definition) is 7. The number of methoxy groups -OCH3 is 1. The van der Waals surface area contributed by atoms with Crippen molar-refractivity contribution in [1.29, 1.82) is 0 Å². The Morgan fingerprint density at radius 3 is 2.77 bits per heavy atom. The van der Waals surface area contributed by atoms with Crippen molar-refractivity contribution in [2.75, 3.05) is 27.3 Å². The molecule has 1 N–H and O–H groups in total. The van der Waals surface area contributed by atoms with E-state index in [-0.39, 0.29) is 11.9 Å². The highest BCUT2D eigenvalue weighted by Gasteiger charge is 2.74. The standard InChI is InChI=1S/C28H29Cl3N2O7/c1-32(21(34)6-3-16-8-12-38-14-16)18-7-9-27(36)20-13-17-4-5-19(37-2)23-22(17)26(27,24(18)40-23)10-11-33(20)25(35)39-15-28(29,30)31/h3-6,8,12,14,18,20,24,36H,7,9-11,13,15H2,1-2H3/t18?,20-,24?,26+,27?/m1/s1. The highest BCUT2D eigenvalue weighted by Crippen LogP contribution is 2.66. The molecule has 2 bridgehead atoms. The fourth-order valence-corrected chi connectivity index (χ4v) is 7.49. The summed E-state index contributed by atoms with van der Waals surface area (Å²) in [5.74, 6) is 0.969. The monoisotopic (exact) mass is 610 g/mol. The Balaban J connectivity index is 1.38. The Labute approximate surface area is 246 Å². The minimum atomic E-state index is -1.75. The van der Waals surface area contributed by atoms with Crippen LogP contribution in [-0.2, 0) is 21.4 Å². The molecule has 40 heavy (non-hydrogen) atoms. The van der Waals surface area contributed by atoms with E-state index < -0.39 is 39.7 Å². The highest BCUT2D eigenvalue weighted by atomic mass is 35.6. The lowest BCUT2D eigenvalue weighted by molar-refractivity contribution is -0.194. The summed E-state index contributed by atoms with van der Waals surface area (Å²) in [6.45, 7) is -0.110. The van der Waals surface area contributed by atoms with Crippen LogP contribution in [0.15, 0.2) is 41.2 Å². The van der Waals surface area contributed by atoms with Crippen molar-refractivity contribution in [2.24, 2.45) is 0 Å². The van der Waals surface area contributed by atoms with Gasteiger partial charge in [0, 0.05) is 30.8 Å². The summed E-state index contributed by atoms with van der Waals surface area (Å²) in [7, 11) is 3.33. The van der Waals surface area contributed by atoms with E-state index in [4.69, 9.17) is 53.4 Å². The SMILES string of the molecule is COc1ccc2c3c1OC1C(N(C)C(=O)C=Cc4ccoc4)CCC4(O)[C@@H](C2)N(C(=O)OCC(Cl)(Cl)Cl)CC[C@]314.